The summed E-state index contributed by atoms with van der Waals surface area (Å²) >= 11 is 3.57. The van der Waals surface area contributed by atoms with E-state index in [2.05, 4.69) is 35.6 Å². The molecule has 2 aromatic rings. The Morgan fingerprint density at radius 1 is 1.30 bits per heavy atom. The minimum atomic E-state index is -1.10. The van der Waals surface area contributed by atoms with Gasteiger partial charge in [0.05, 0.1) is 18.2 Å². The third-order valence-electron chi connectivity index (χ3n) is 3.79. The van der Waals surface area contributed by atoms with E-state index in [1.165, 1.54) is 7.11 Å². The number of aryl methyl sites for hydroxylation is 1. The Hall–Kier alpha value is -1.11. The number of hydrogen-bond acceptors (Lipinski definition) is 3. The monoisotopic (exact) mass is 397 g/mol. The molecule has 0 radical (unpaired) electrons. The van der Waals surface area contributed by atoms with E-state index in [1.54, 1.807) is 6.07 Å². The van der Waals surface area contributed by atoms with Crippen molar-refractivity contribution in [3.8, 4) is 0 Å². The maximum absolute atomic E-state index is 12.1. The number of benzene rings is 1. The highest BCUT2D eigenvalue weighted by Crippen LogP contribution is 2.32. The molecule has 0 aliphatic carbocycles. The number of ether oxygens (including phenoxy) is 2. The second-order valence-electron chi connectivity index (χ2n) is 6.94. The molecular formula is C17H24BrNO3Si. The van der Waals surface area contributed by atoms with Crippen LogP contribution in [-0.4, -0.2) is 32.3 Å². The first-order valence-electron chi connectivity index (χ1n) is 7.68. The Balaban J connectivity index is 2.33. The molecule has 0 atom stereocenters. The molecule has 0 amide bonds. The number of rotatable bonds is 6. The summed E-state index contributed by atoms with van der Waals surface area (Å²) in [6.45, 7) is 10.2. The molecular weight excluding hydrogens is 374 g/mol. The van der Waals surface area contributed by atoms with Crippen LogP contribution in [0.15, 0.2) is 22.8 Å². The van der Waals surface area contributed by atoms with E-state index in [0.29, 0.717) is 12.3 Å². The van der Waals surface area contributed by atoms with Gasteiger partial charge >= 0.3 is 5.97 Å². The third-order valence-corrected chi connectivity index (χ3v) is 6.16. The molecule has 2 rings (SSSR count). The van der Waals surface area contributed by atoms with Crippen molar-refractivity contribution < 1.29 is 14.3 Å². The van der Waals surface area contributed by atoms with Crippen LogP contribution in [0.1, 0.15) is 15.9 Å². The summed E-state index contributed by atoms with van der Waals surface area (Å²) < 4.78 is 13.7. The summed E-state index contributed by atoms with van der Waals surface area (Å²) in [6.07, 6.45) is 2.02. The van der Waals surface area contributed by atoms with E-state index in [4.69, 9.17) is 9.47 Å². The predicted octanol–water partition coefficient (Wildman–Crippen LogP) is 4.81. The second-order valence-corrected chi connectivity index (χ2v) is 13.4. The topological polar surface area (TPSA) is 40.5 Å². The van der Waals surface area contributed by atoms with Crippen molar-refractivity contribution in [3.63, 3.8) is 0 Å². The lowest BCUT2D eigenvalue weighted by Crippen LogP contribution is -2.22. The Labute approximate surface area is 146 Å². The maximum Gasteiger partial charge on any atom is 0.340 e. The van der Waals surface area contributed by atoms with Gasteiger partial charge in [0.2, 0.25) is 0 Å². The molecule has 0 spiro atoms. The first kappa shape index (κ1) is 18.2. The highest BCUT2D eigenvalue weighted by atomic mass is 79.9. The van der Waals surface area contributed by atoms with Gasteiger partial charge in [-0.3, -0.25) is 0 Å². The van der Waals surface area contributed by atoms with E-state index in [0.717, 1.165) is 33.6 Å². The molecule has 0 N–H and O–H groups in total. The average Bonchev–Trinajstić information content (AvgIpc) is 2.80. The minimum Gasteiger partial charge on any atom is -0.465 e. The molecule has 0 aliphatic heterocycles. The summed E-state index contributed by atoms with van der Waals surface area (Å²) in [5, 5.41) is 1.03. The van der Waals surface area contributed by atoms with Crippen LogP contribution in [0.2, 0.25) is 25.7 Å². The van der Waals surface area contributed by atoms with E-state index in [1.807, 2.05) is 23.8 Å². The fourth-order valence-corrected chi connectivity index (χ4v) is 3.91. The number of halogens is 1. The van der Waals surface area contributed by atoms with Crippen molar-refractivity contribution in [1.82, 2.24) is 4.57 Å². The van der Waals surface area contributed by atoms with E-state index >= 15 is 0 Å². The number of esters is 1. The summed E-state index contributed by atoms with van der Waals surface area (Å²) in [5.74, 6) is -0.330. The number of aromatic nitrogens is 1. The third kappa shape index (κ3) is 4.25. The number of carbonyl (C=O) groups is 1. The van der Waals surface area contributed by atoms with Crippen LogP contribution in [-0.2, 0) is 16.2 Å². The standard InChI is InChI=1S/C17H24BrNO3Si/c1-12-10-19(11-22-8-9-23(3,4)5)16-13(17(20)21-2)6-7-14(18)15(12)16/h6-7,10H,8-9,11H2,1-5H3. The summed E-state index contributed by atoms with van der Waals surface area (Å²) in [4.78, 5) is 12.1. The lowest BCUT2D eigenvalue weighted by molar-refractivity contribution is 0.0601. The zero-order chi connectivity index (χ0) is 17.2. The molecule has 0 fully saturated rings. The number of hydrogen-bond donors (Lipinski definition) is 0. The highest BCUT2D eigenvalue weighted by molar-refractivity contribution is 9.10. The van der Waals surface area contributed by atoms with Crippen LogP contribution in [0.4, 0.5) is 0 Å². The first-order chi connectivity index (χ1) is 10.7. The van der Waals surface area contributed by atoms with Gasteiger partial charge in [0.15, 0.2) is 0 Å². The number of nitrogens with zero attached hydrogens (tertiary/aromatic N) is 1. The molecule has 1 heterocycles. The van der Waals surface area contributed by atoms with Crippen LogP contribution < -0.4 is 0 Å². The van der Waals surface area contributed by atoms with Crippen molar-refractivity contribution in [2.45, 2.75) is 39.3 Å². The van der Waals surface area contributed by atoms with E-state index in [-0.39, 0.29) is 5.97 Å². The fourth-order valence-electron chi connectivity index (χ4n) is 2.52. The first-order valence-corrected chi connectivity index (χ1v) is 12.2. The van der Waals surface area contributed by atoms with Gasteiger partial charge in [-0.15, -0.1) is 0 Å². The van der Waals surface area contributed by atoms with Crippen molar-refractivity contribution in [2.24, 2.45) is 0 Å². The van der Waals surface area contributed by atoms with Crippen LogP contribution in [0.25, 0.3) is 10.9 Å². The van der Waals surface area contributed by atoms with Gasteiger partial charge in [0.25, 0.3) is 0 Å². The van der Waals surface area contributed by atoms with Gasteiger partial charge in [0.1, 0.15) is 6.73 Å². The van der Waals surface area contributed by atoms with Gasteiger partial charge in [-0.2, -0.15) is 0 Å². The summed E-state index contributed by atoms with van der Waals surface area (Å²) in [7, 11) is 0.300. The summed E-state index contributed by atoms with van der Waals surface area (Å²) in [5.41, 5.74) is 2.52. The number of methoxy groups -OCH3 is 1. The van der Waals surface area contributed by atoms with E-state index < -0.39 is 8.07 Å². The van der Waals surface area contributed by atoms with Crippen molar-refractivity contribution in [2.75, 3.05) is 13.7 Å². The normalized spacial score (nSPS) is 11.9. The smallest absolute Gasteiger partial charge is 0.340 e. The van der Waals surface area contributed by atoms with Crippen LogP contribution in [0, 0.1) is 6.92 Å². The molecule has 0 saturated carbocycles. The van der Waals surface area contributed by atoms with Crippen LogP contribution in [0.5, 0.6) is 0 Å². The van der Waals surface area contributed by atoms with Gasteiger partial charge in [0, 0.05) is 30.7 Å². The number of fused-ring (bicyclic) bond motifs is 1. The molecule has 0 saturated heterocycles. The van der Waals surface area contributed by atoms with Crippen molar-refractivity contribution in [3.05, 3.63) is 33.9 Å². The SMILES string of the molecule is COC(=O)c1ccc(Br)c2c(C)cn(COCC[Si](C)(C)C)c12. The zero-order valence-electron chi connectivity index (χ0n) is 14.4. The minimum absolute atomic E-state index is 0.330. The zero-order valence-corrected chi connectivity index (χ0v) is 17.0. The fraction of sp³-hybridized carbons (Fsp3) is 0.471. The van der Waals surface area contributed by atoms with Crippen molar-refractivity contribution in [1.29, 1.82) is 0 Å². The molecule has 0 bridgehead atoms. The molecule has 126 valence electrons. The Morgan fingerprint density at radius 2 is 2.00 bits per heavy atom. The van der Waals surface area contributed by atoms with Crippen LogP contribution in [0.3, 0.4) is 0 Å². The predicted molar refractivity (Wildman–Crippen MR) is 99.8 cm³/mol. The Morgan fingerprint density at radius 3 is 2.61 bits per heavy atom. The summed E-state index contributed by atoms with van der Waals surface area (Å²) in [6, 6.07) is 4.80. The molecule has 23 heavy (non-hydrogen) atoms. The average molecular weight is 398 g/mol. The molecule has 0 unspecified atom stereocenters. The number of carbonyl (C=O) groups excluding carboxylic acids is 1. The van der Waals surface area contributed by atoms with Gasteiger partial charge in [-0.05, 0) is 30.7 Å². The molecule has 6 heteroatoms. The highest BCUT2D eigenvalue weighted by Gasteiger charge is 2.18. The van der Waals surface area contributed by atoms with Gasteiger partial charge < -0.3 is 14.0 Å². The largest absolute Gasteiger partial charge is 0.465 e. The van der Waals surface area contributed by atoms with Crippen LogP contribution >= 0.6 is 15.9 Å². The van der Waals surface area contributed by atoms with Crippen molar-refractivity contribution >= 4 is 40.9 Å². The lowest BCUT2D eigenvalue weighted by Gasteiger charge is -2.16. The van der Waals surface area contributed by atoms with Gasteiger partial charge in [-0.1, -0.05) is 35.6 Å². The molecule has 1 aromatic carbocycles. The Kier molecular flexibility index (Phi) is 5.70. The van der Waals surface area contributed by atoms with E-state index in [9.17, 15) is 4.79 Å². The quantitative estimate of drug-likeness (QED) is 0.398. The molecule has 0 aliphatic rings. The second kappa shape index (κ2) is 7.19. The lowest BCUT2D eigenvalue weighted by atomic mass is 10.1. The maximum atomic E-state index is 12.1. The Bertz CT molecular complexity index is 719. The van der Waals surface area contributed by atoms with Gasteiger partial charge in [-0.25, -0.2) is 4.79 Å². The molecule has 4 nitrogen and oxygen atoms in total. The molecule has 1 aromatic heterocycles.